The summed E-state index contributed by atoms with van der Waals surface area (Å²) in [5.41, 5.74) is 4.18. The minimum atomic E-state index is -0.247. The Labute approximate surface area is 159 Å². The van der Waals surface area contributed by atoms with Crippen LogP contribution in [0, 0.1) is 0 Å². The van der Waals surface area contributed by atoms with Gasteiger partial charge in [-0.15, -0.1) is 0 Å². The molecule has 0 unspecified atom stereocenters. The van der Waals surface area contributed by atoms with E-state index >= 15 is 0 Å². The second kappa shape index (κ2) is 6.38. The molecule has 0 saturated carbocycles. The predicted molar refractivity (Wildman–Crippen MR) is 102 cm³/mol. The number of carbonyl (C=O) groups excluding carboxylic acids is 2. The maximum Gasteiger partial charge on any atom is 0.256 e. The summed E-state index contributed by atoms with van der Waals surface area (Å²) in [7, 11) is 0. The maximum atomic E-state index is 12.5. The van der Waals surface area contributed by atoms with Gasteiger partial charge in [0.05, 0.1) is 52.8 Å². The standard InChI is InChI=1S/C19H16N6O3/c26-17-10-2-4-20-14(10)7-12-11-6-15(22-9-16(11)24-18(12)27)13-8-23-25-19(13)28-5-1-3-21-17/h2,4,6-9,20H,1,3,5H2,(H,21,26)(H,23,25)(H,24,27)/b12-7-. The number of aromatic amines is 2. The molecular weight excluding hydrogens is 360 g/mol. The Bertz CT molecular complexity index is 1130. The first-order valence-corrected chi connectivity index (χ1v) is 8.86. The van der Waals surface area contributed by atoms with Crippen LogP contribution in [0.25, 0.3) is 22.9 Å². The van der Waals surface area contributed by atoms with E-state index in [2.05, 4.69) is 30.8 Å². The van der Waals surface area contributed by atoms with Crippen LogP contribution in [0.2, 0.25) is 0 Å². The molecular formula is C19H16N6O3. The molecule has 9 nitrogen and oxygen atoms in total. The topological polar surface area (TPSA) is 125 Å². The Morgan fingerprint density at radius 1 is 1.07 bits per heavy atom. The number of aromatic nitrogens is 4. The van der Waals surface area contributed by atoms with Crippen molar-refractivity contribution in [2.45, 2.75) is 6.42 Å². The number of H-pyrrole nitrogens is 2. The van der Waals surface area contributed by atoms with E-state index < -0.39 is 0 Å². The van der Waals surface area contributed by atoms with E-state index in [1.54, 1.807) is 30.7 Å². The van der Waals surface area contributed by atoms with Crippen LogP contribution in [0.4, 0.5) is 5.69 Å². The molecule has 0 spiro atoms. The SMILES string of the molecule is O=C1Nc2cnc3cc2/C1=C/c1[nH]ccc1C(=O)NCCCOc1[nH]ncc1-3. The number of nitrogens with zero attached hydrogens (tertiary/aromatic N) is 2. The molecule has 0 fully saturated rings. The number of nitrogens with one attached hydrogen (secondary N) is 4. The van der Waals surface area contributed by atoms with Crippen LogP contribution < -0.4 is 15.4 Å². The van der Waals surface area contributed by atoms with Gasteiger partial charge in [0.25, 0.3) is 11.8 Å². The Hall–Kier alpha value is -3.88. The maximum absolute atomic E-state index is 12.5. The highest BCUT2D eigenvalue weighted by Crippen LogP contribution is 2.36. The van der Waals surface area contributed by atoms with Gasteiger partial charge >= 0.3 is 0 Å². The van der Waals surface area contributed by atoms with E-state index in [-0.39, 0.29) is 11.8 Å². The summed E-state index contributed by atoms with van der Waals surface area (Å²) >= 11 is 0. The van der Waals surface area contributed by atoms with Crippen LogP contribution in [-0.4, -0.2) is 45.1 Å². The molecule has 0 atom stereocenters. The summed E-state index contributed by atoms with van der Waals surface area (Å²) in [5, 5.41) is 12.5. The Morgan fingerprint density at radius 3 is 2.93 bits per heavy atom. The molecule has 5 rings (SSSR count). The third-order valence-corrected chi connectivity index (χ3v) is 4.73. The first kappa shape index (κ1) is 16.3. The van der Waals surface area contributed by atoms with E-state index in [9.17, 15) is 9.59 Å². The molecule has 2 amide bonds. The molecule has 4 N–H and O–H groups in total. The Morgan fingerprint density at radius 2 is 2.00 bits per heavy atom. The van der Waals surface area contributed by atoms with Crippen molar-refractivity contribution in [1.29, 1.82) is 0 Å². The fourth-order valence-electron chi connectivity index (χ4n) is 3.33. The number of fused-ring (bicyclic) bond motifs is 4. The molecule has 140 valence electrons. The molecule has 0 aliphatic carbocycles. The van der Waals surface area contributed by atoms with Gasteiger partial charge in [-0.25, -0.2) is 5.10 Å². The number of carbonyl (C=O) groups is 2. The van der Waals surface area contributed by atoms with Gasteiger partial charge in [0.15, 0.2) is 0 Å². The fourth-order valence-corrected chi connectivity index (χ4v) is 3.33. The van der Waals surface area contributed by atoms with E-state index in [1.165, 1.54) is 0 Å². The lowest BCUT2D eigenvalue weighted by Gasteiger charge is -2.08. The molecule has 5 heterocycles. The number of rotatable bonds is 0. The van der Waals surface area contributed by atoms with Crippen LogP contribution in [0.3, 0.4) is 0 Å². The van der Waals surface area contributed by atoms with Gasteiger partial charge in [0.2, 0.25) is 5.88 Å². The monoisotopic (exact) mass is 376 g/mol. The van der Waals surface area contributed by atoms with Gasteiger partial charge in [-0.05, 0) is 24.6 Å². The van der Waals surface area contributed by atoms with Gasteiger partial charge in [-0.2, -0.15) is 5.10 Å². The summed E-state index contributed by atoms with van der Waals surface area (Å²) in [6.45, 7) is 0.865. The van der Waals surface area contributed by atoms with Crippen molar-refractivity contribution in [2.24, 2.45) is 0 Å². The molecule has 0 aromatic carbocycles. The molecule has 9 heteroatoms. The molecule has 3 aromatic heterocycles. The number of hydrogen-bond acceptors (Lipinski definition) is 5. The molecule has 2 aliphatic heterocycles. The number of ether oxygens (including phenoxy) is 1. The van der Waals surface area contributed by atoms with Crippen molar-refractivity contribution in [1.82, 2.24) is 25.5 Å². The molecule has 28 heavy (non-hydrogen) atoms. The zero-order valence-electron chi connectivity index (χ0n) is 14.7. The van der Waals surface area contributed by atoms with E-state index in [0.717, 1.165) is 0 Å². The fraction of sp³-hybridized carbons (Fsp3) is 0.158. The Balaban J connectivity index is 1.68. The summed E-state index contributed by atoms with van der Waals surface area (Å²) in [5.74, 6) is 0.0452. The predicted octanol–water partition coefficient (Wildman–Crippen LogP) is 1.80. The average molecular weight is 376 g/mol. The number of hydrogen-bond donors (Lipinski definition) is 4. The van der Waals surface area contributed by atoms with Crippen molar-refractivity contribution in [2.75, 3.05) is 18.5 Å². The molecule has 2 aliphatic rings. The molecule has 3 aromatic rings. The third kappa shape index (κ3) is 2.64. The minimum Gasteiger partial charge on any atom is -0.477 e. The van der Waals surface area contributed by atoms with E-state index in [4.69, 9.17) is 4.74 Å². The average Bonchev–Trinajstić information content (AvgIpc) is 3.40. The van der Waals surface area contributed by atoms with Crippen LogP contribution in [0.5, 0.6) is 5.88 Å². The zero-order chi connectivity index (χ0) is 19.1. The third-order valence-electron chi connectivity index (χ3n) is 4.73. The van der Waals surface area contributed by atoms with E-state index in [1.807, 2.05) is 6.07 Å². The first-order valence-electron chi connectivity index (χ1n) is 8.86. The summed E-state index contributed by atoms with van der Waals surface area (Å²) in [6.07, 6.45) is 7.25. The van der Waals surface area contributed by atoms with Crippen LogP contribution in [0.1, 0.15) is 28.0 Å². The second-order valence-electron chi connectivity index (χ2n) is 6.50. The number of pyridine rings is 1. The molecule has 0 radical (unpaired) electrons. The van der Waals surface area contributed by atoms with Crippen LogP contribution in [0.15, 0.2) is 30.7 Å². The smallest absolute Gasteiger partial charge is 0.256 e. The number of amides is 2. The lowest BCUT2D eigenvalue weighted by Crippen LogP contribution is -2.25. The normalized spacial score (nSPS) is 17.8. The highest BCUT2D eigenvalue weighted by atomic mass is 16.5. The molecule has 2 bridgehead atoms. The second-order valence-corrected chi connectivity index (χ2v) is 6.50. The summed E-state index contributed by atoms with van der Waals surface area (Å²) in [4.78, 5) is 32.5. The van der Waals surface area contributed by atoms with E-state index in [0.29, 0.717) is 64.8 Å². The lowest BCUT2D eigenvalue weighted by atomic mass is 10.0. The van der Waals surface area contributed by atoms with Gasteiger partial charge in [-0.3, -0.25) is 14.6 Å². The zero-order valence-corrected chi connectivity index (χ0v) is 14.7. The van der Waals surface area contributed by atoms with Gasteiger partial charge < -0.3 is 20.4 Å². The lowest BCUT2D eigenvalue weighted by molar-refractivity contribution is -0.110. The van der Waals surface area contributed by atoms with Gasteiger partial charge in [0, 0.05) is 18.3 Å². The van der Waals surface area contributed by atoms with Crippen LogP contribution >= 0.6 is 0 Å². The van der Waals surface area contributed by atoms with Crippen LogP contribution in [-0.2, 0) is 4.79 Å². The quantitative estimate of drug-likeness (QED) is 0.476. The van der Waals surface area contributed by atoms with Gasteiger partial charge in [0.1, 0.15) is 0 Å². The highest BCUT2D eigenvalue weighted by molar-refractivity contribution is 6.35. The van der Waals surface area contributed by atoms with Crippen molar-refractivity contribution < 1.29 is 14.3 Å². The molecule has 0 saturated heterocycles. The highest BCUT2D eigenvalue weighted by Gasteiger charge is 2.27. The van der Waals surface area contributed by atoms with Crippen molar-refractivity contribution >= 4 is 29.2 Å². The number of anilines is 1. The van der Waals surface area contributed by atoms with Crippen molar-refractivity contribution in [3.05, 3.63) is 47.5 Å². The van der Waals surface area contributed by atoms with Crippen molar-refractivity contribution in [3.63, 3.8) is 0 Å². The minimum absolute atomic E-state index is 0.209. The summed E-state index contributed by atoms with van der Waals surface area (Å²) < 4.78 is 5.77. The largest absolute Gasteiger partial charge is 0.477 e. The first-order chi connectivity index (χ1) is 13.7. The van der Waals surface area contributed by atoms with Crippen molar-refractivity contribution in [3.8, 4) is 17.1 Å². The Kier molecular flexibility index (Phi) is 3.71. The summed E-state index contributed by atoms with van der Waals surface area (Å²) in [6, 6.07) is 3.51. The van der Waals surface area contributed by atoms with Gasteiger partial charge in [-0.1, -0.05) is 0 Å².